The van der Waals surface area contributed by atoms with Crippen LogP contribution in [0.5, 0.6) is 0 Å². The van der Waals surface area contributed by atoms with Crippen LogP contribution in [0.3, 0.4) is 0 Å². The third kappa shape index (κ3) is 6.09. The molecule has 0 radical (unpaired) electrons. The molecule has 7 nitrogen and oxygen atoms in total. The molecule has 0 saturated carbocycles. The van der Waals surface area contributed by atoms with Gasteiger partial charge in [0.1, 0.15) is 5.25 Å². The third-order valence-electron chi connectivity index (χ3n) is 4.60. The van der Waals surface area contributed by atoms with Gasteiger partial charge in [0.05, 0.1) is 10.2 Å². The van der Waals surface area contributed by atoms with Crippen molar-refractivity contribution >= 4 is 61.9 Å². The number of carboxylic acid groups (broad SMARTS) is 1. The second kappa shape index (κ2) is 10.8. The molecule has 0 spiro atoms. The first-order valence-electron chi connectivity index (χ1n) is 10.2. The minimum atomic E-state index is -1.20. The molecular weight excluding hydrogens is 470 g/mol. The molecule has 0 fully saturated rings. The Morgan fingerprint density at radius 3 is 2.44 bits per heavy atom. The number of fused-ring (bicyclic) bond motifs is 1. The van der Waals surface area contributed by atoms with Crippen LogP contribution in [-0.2, 0) is 14.4 Å². The van der Waals surface area contributed by atoms with Crippen LogP contribution in [0.15, 0.2) is 95.9 Å². The van der Waals surface area contributed by atoms with E-state index in [2.05, 4.69) is 15.6 Å². The number of amides is 2. The first-order valence-corrected chi connectivity index (χ1v) is 11.9. The van der Waals surface area contributed by atoms with Crippen LogP contribution in [0.2, 0.25) is 0 Å². The van der Waals surface area contributed by atoms with Gasteiger partial charge >= 0.3 is 5.97 Å². The van der Waals surface area contributed by atoms with Crippen LogP contribution < -0.4 is 10.6 Å². The van der Waals surface area contributed by atoms with Gasteiger partial charge in [-0.3, -0.25) is 9.59 Å². The summed E-state index contributed by atoms with van der Waals surface area (Å²) in [6.07, 6.45) is 1.71. The fourth-order valence-electron chi connectivity index (χ4n) is 3.11. The zero-order valence-electron chi connectivity index (χ0n) is 17.7. The highest BCUT2D eigenvalue weighted by atomic mass is 32.2. The van der Waals surface area contributed by atoms with E-state index >= 15 is 0 Å². The van der Waals surface area contributed by atoms with E-state index in [9.17, 15) is 14.4 Å². The maximum atomic E-state index is 13.3. The van der Waals surface area contributed by atoms with Crippen molar-refractivity contribution in [2.75, 3.05) is 10.6 Å². The summed E-state index contributed by atoms with van der Waals surface area (Å²) in [6.45, 7) is 0. The van der Waals surface area contributed by atoms with Crippen molar-refractivity contribution in [3.8, 4) is 0 Å². The molecule has 0 aliphatic carbocycles. The first-order chi connectivity index (χ1) is 16.5. The highest BCUT2D eigenvalue weighted by molar-refractivity contribution is 8.00. The Kier molecular flexibility index (Phi) is 7.36. The maximum absolute atomic E-state index is 13.3. The number of aromatic nitrogens is 1. The number of nitrogens with zero attached hydrogens (tertiary/aromatic N) is 1. The molecule has 1 aromatic heterocycles. The number of carboxylic acids is 1. The molecule has 4 rings (SSSR count). The van der Waals surface area contributed by atoms with E-state index in [1.807, 2.05) is 60.7 Å². The predicted octanol–water partition coefficient (Wildman–Crippen LogP) is 5.35. The number of carbonyl (C=O) groups is 3. The lowest BCUT2D eigenvalue weighted by atomic mass is 10.1. The van der Waals surface area contributed by atoms with Gasteiger partial charge in [-0.25, -0.2) is 9.78 Å². The summed E-state index contributed by atoms with van der Waals surface area (Å²) in [5, 5.41) is 14.2. The van der Waals surface area contributed by atoms with Gasteiger partial charge in [0.15, 0.2) is 5.13 Å². The lowest BCUT2D eigenvalue weighted by Crippen LogP contribution is -2.19. The van der Waals surface area contributed by atoms with Crippen molar-refractivity contribution in [1.82, 2.24) is 4.98 Å². The summed E-state index contributed by atoms with van der Waals surface area (Å²) in [6, 6.07) is 24.1. The molecule has 0 aliphatic rings. The van der Waals surface area contributed by atoms with Crippen molar-refractivity contribution in [1.29, 1.82) is 0 Å². The van der Waals surface area contributed by atoms with E-state index in [0.717, 1.165) is 32.8 Å². The summed E-state index contributed by atoms with van der Waals surface area (Å²) >= 11 is 2.75. The highest BCUT2D eigenvalue weighted by Crippen LogP contribution is 2.37. The van der Waals surface area contributed by atoms with E-state index in [-0.39, 0.29) is 5.91 Å². The van der Waals surface area contributed by atoms with E-state index < -0.39 is 17.1 Å². The molecule has 0 bridgehead atoms. The normalized spacial score (nSPS) is 11.9. The number of carbonyl (C=O) groups excluding carboxylic acids is 2. The standard InChI is InChI=1S/C25H19N3O4S2/c29-21(13-14-22(30)31)26-17-9-6-10-18(15-17)33-23(16-7-2-1-3-8-16)24(32)28-25-27-19-11-4-5-12-20(19)34-25/h1-15,23H,(H,26,29)(H,30,31)(H,27,28,32)/b14-13+. The molecule has 1 atom stereocenters. The topological polar surface area (TPSA) is 108 Å². The van der Waals surface area contributed by atoms with Crippen molar-refractivity contribution in [3.63, 3.8) is 0 Å². The monoisotopic (exact) mass is 489 g/mol. The van der Waals surface area contributed by atoms with E-state index in [1.165, 1.54) is 23.1 Å². The molecule has 34 heavy (non-hydrogen) atoms. The zero-order chi connectivity index (χ0) is 23.9. The molecule has 3 N–H and O–H groups in total. The van der Waals surface area contributed by atoms with Crippen LogP contribution in [0, 0.1) is 0 Å². The summed E-state index contributed by atoms with van der Waals surface area (Å²) in [7, 11) is 0. The molecule has 1 heterocycles. The van der Waals surface area contributed by atoms with Crippen molar-refractivity contribution in [2.45, 2.75) is 10.1 Å². The summed E-state index contributed by atoms with van der Waals surface area (Å²) in [5.74, 6) is -1.98. The first kappa shape index (κ1) is 23.2. The van der Waals surface area contributed by atoms with Gasteiger partial charge < -0.3 is 15.7 Å². The average molecular weight is 490 g/mol. The fraction of sp³-hybridized carbons (Fsp3) is 0.0400. The van der Waals surface area contributed by atoms with Crippen molar-refractivity contribution < 1.29 is 19.5 Å². The number of hydrogen-bond acceptors (Lipinski definition) is 6. The molecule has 0 saturated heterocycles. The van der Waals surface area contributed by atoms with E-state index in [4.69, 9.17) is 5.11 Å². The molecule has 0 aliphatic heterocycles. The predicted molar refractivity (Wildman–Crippen MR) is 135 cm³/mol. The molecule has 9 heteroatoms. The number of para-hydroxylation sites is 1. The number of aliphatic carboxylic acids is 1. The number of anilines is 2. The Balaban J connectivity index is 1.54. The fourth-order valence-corrected chi connectivity index (χ4v) is 5.06. The van der Waals surface area contributed by atoms with Gasteiger partial charge in [-0.15, -0.1) is 11.8 Å². The number of rotatable bonds is 8. The quantitative estimate of drug-likeness (QED) is 0.228. The SMILES string of the molecule is O=C(O)/C=C/C(=O)Nc1cccc(SC(C(=O)Nc2nc3ccccc3s2)c2ccccc2)c1. The molecule has 4 aromatic rings. The molecule has 2 amide bonds. The molecular formula is C25H19N3O4S2. The van der Waals surface area contributed by atoms with Crippen molar-refractivity contribution in [3.05, 3.63) is 96.6 Å². The number of thioether (sulfide) groups is 1. The van der Waals surface area contributed by atoms with E-state index in [1.54, 1.807) is 18.2 Å². The lowest BCUT2D eigenvalue weighted by molar-refractivity contribution is -0.131. The van der Waals surface area contributed by atoms with Gasteiger partial charge in [0, 0.05) is 22.7 Å². The van der Waals surface area contributed by atoms with Gasteiger partial charge in [0.2, 0.25) is 11.8 Å². The van der Waals surface area contributed by atoms with Crippen LogP contribution in [0.4, 0.5) is 10.8 Å². The minimum Gasteiger partial charge on any atom is -0.478 e. The Morgan fingerprint density at radius 1 is 0.912 bits per heavy atom. The van der Waals surface area contributed by atoms with Crippen molar-refractivity contribution in [2.24, 2.45) is 0 Å². The van der Waals surface area contributed by atoms with Gasteiger partial charge in [-0.2, -0.15) is 0 Å². The summed E-state index contributed by atoms with van der Waals surface area (Å²) in [4.78, 5) is 41.1. The highest BCUT2D eigenvalue weighted by Gasteiger charge is 2.23. The van der Waals surface area contributed by atoms with Crippen LogP contribution >= 0.6 is 23.1 Å². The Bertz CT molecular complexity index is 1340. The number of nitrogens with one attached hydrogen (secondary N) is 2. The number of benzene rings is 3. The number of hydrogen-bond donors (Lipinski definition) is 3. The Hall–Kier alpha value is -3.95. The maximum Gasteiger partial charge on any atom is 0.328 e. The van der Waals surface area contributed by atoms with Crippen LogP contribution in [-0.4, -0.2) is 27.9 Å². The van der Waals surface area contributed by atoms with Crippen LogP contribution in [0.25, 0.3) is 10.2 Å². The molecule has 1 unspecified atom stereocenters. The second-order valence-corrected chi connectivity index (χ2v) is 9.28. The van der Waals surface area contributed by atoms with E-state index in [0.29, 0.717) is 10.8 Å². The minimum absolute atomic E-state index is 0.214. The number of thiazole rings is 1. The van der Waals surface area contributed by atoms with Gasteiger partial charge in [0.25, 0.3) is 0 Å². The largest absolute Gasteiger partial charge is 0.478 e. The Morgan fingerprint density at radius 2 is 1.68 bits per heavy atom. The smallest absolute Gasteiger partial charge is 0.328 e. The van der Waals surface area contributed by atoms with Gasteiger partial charge in [-0.1, -0.05) is 59.9 Å². The summed E-state index contributed by atoms with van der Waals surface area (Å²) < 4.78 is 0.988. The summed E-state index contributed by atoms with van der Waals surface area (Å²) in [5.41, 5.74) is 2.14. The molecule has 170 valence electrons. The molecule has 3 aromatic carbocycles. The lowest BCUT2D eigenvalue weighted by Gasteiger charge is -2.16. The zero-order valence-corrected chi connectivity index (χ0v) is 19.3. The third-order valence-corrected chi connectivity index (χ3v) is 6.80. The second-order valence-electron chi connectivity index (χ2n) is 7.07. The van der Waals surface area contributed by atoms with Gasteiger partial charge in [-0.05, 0) is 35.9 Å². The Labute approximate surface area is 203 Å². The van der Waals surface area contributed by atoms with Crippen LogP contribution in [0.1, 0.15) is 10.8 Å². The average Bonchev–Trinajstić information content (AvgIpc) is 3.24.